The Morgan fingerprint density at radius 1 is 0.917 bits per heavy atom. The van der Waals surface area contributed by atoms with Gasteiger partial charge in [0.15, 0.2) is 0 Å². The molecule has 4 heteroatoms. The summed E-state index contributed by atoms with van der Waals surface area (Å²) in [5.74, 6) is 1.79. The molecule has 2 aromatic carbocycles. The Labute approximate surface area is 145 Å². The molecule has 0 heterocycles. The Morgan fingerprint density at radius 2 is 1.58 bits per heavy atom. The van der Waals surface area contributed by atoms with E-state index in [1.54, 1.807) is 0 Å². The molecule has 0 spiro atoms. The van der Waals surface area contributed by atoms with Gasteiger partial charge < -0.3 is 14.9 Å². The van der Waals surface area contributed by atoms with Crippen molar-refractivity contribution in [1.29, 1.82) is 0 Å². The highest BCUT2D eigenvalue weighted by atomic mass is 16.5. The van der Waals surface area contributed by atoms with Crippen LogP contribution in [-0.2, 0) is 0 Å². The minimum Gasteiger partial charge on any atom is -0.494 e. The lowest BCUT2D eigenvalue weighted by molar-refractivity contribution is 0.308. The van der Waals surface area contributed by atoms with Crippen molar-refractivity contribution >= 4 is 16.5 Å². The second kappa shape index (κ2) is 9.38. The quantitative estimate of drug-likeness (QED) is 0.486. The Bertz CT molecular complexity index is 636. The summed E-state index contributed by atoms with van der Waals surface area (Å²) in [7, 11) is 3.96. The third kappa shape index (κ3) is 5.03. The van der Waals surface area contributed by atoms with Gasteiger partial charge in [-0.3, -0.25) is 0 Å². The van der Waals surface area contributed by atoms with Gasteiger partial charge in [0.05, 0.1) is 18.9 Å². The summed E-state index contributed by atoms with van der Waals surface area (Å²) in [6, 6.07) is 10.4. The molecule has 0 atom stereocenters. The minimum absolute atomic E-state index is 0.733. The Morgan fingerprint density at radius 3 is 2.25 bits per heavy atom. The minimum atomic E-state index is 0.733. The largest absolute Gasteiger partial charge is 0.494 e. The lowest BCUT2D eigenvalue weighted by Crippen LogP contribution is -2.20. The first-order chi connectivity index (χ1) is 11.7. The van der Waals surface area contributed by atoms with E-state index in [-0.39, 0.29) is 0 Å². The molecular formula is C20H30N2O2. The van der Waals surface area contributed by atoms with Gasteiger partial charge in [-0.15, -0.1) is 0 Å². The molecule has 2 aromatic rings. The van der Waals surface area contributed by atoms with Crippen LogP contribution in [0.5, 0.6) is 11.5 Å². The fraction of sp³-hybridized carbons (Fsp3) is 0.500. The third-order valence-electron chi connectivity index (χ3n) is 3.81. The van der Waals surface area contributed by atoms with Crippen molar-refractivity contribution in [3.63, 3.8) is 0 Å². The van der Waals surface area contributed by atoms with E-state index in [4.69, 9.17) is 9.47 Å². The van der Waals surface area contributed by atoms with Crippen LogP contribution in [-0.4, -0.2) is 32.3 Å². The molecule has 0 aliphatic carbocycles. The second-order valence-electron chi connectivity index (χ2n) is 6.23. The molecule has 2 rings (SSSR count). The van der Waals surface area contributed by atoms with Crippen molar-refractivity contribution < 1.29 is 9.47 Å². The number of ether oxygens (including phenoxy) is 2. The molecule has 0 aliphatic heterocycles. The maximum absolute atomic E-state index is 5.99. The standard InChI is InChI=1S/C20H30N2O2/c1-5-7-13-23-17-11-9-16-10-12-19(24-14-8-6-2)20(18(16)15-17)21-22(3)4/h9-12,15,21H,5-8,13-14H2,1-4H3. The fourth-order valence-electron chi connectivity index (χ4n) is 2.49. The molecule has 4 nitrogen and oxygen atoms in total. The van der Waals surface area contributed by atoms with E-state index in [2.05, 4.69) is 37.5 Å². The molecule has 0 amide bonds. The van der Waals surface area contributed by atoms with Gasteiger partial charge in [-0.25, -0.2) is 5.01 Å². The van der Waals surface area contributed by atoms with E-state index < -0.39 is 0 Å². The summed E-state index contributed by atoms with van der Waals surface area (Å²) in [5, 5.41) is 4.23. The van der Waals surface area contributed by atoms with Crippen LogP contribution in [0.1, 0.15) is 39.5 Å². The number of benzene rings is 2. The van der Waals surface area contributed by atoms with E-state index in [1.165, 1.54) is 5.39 Å². The van der Waals surface area contributed by atoms with Crippen molar-refractivity contribution in [2.75, 3.05) is 32.7 Å². The molecule has 0 aliphatic rings. The number of fused-ring (bicyclic) bond motifs is 1. The van der Waals surface area contributed by atoms with Crippen molar-refractivity contribution in [2.45, 2.75) is 39.5 Å². The van der Waals surface area contributed by atoms with E-state index >= 15 is 0 Å². The van der Waals surface area contributed by atoms with Gasteiger partial charge in [-0.2, -0.15) is 0 Å². The Hall–Kier alpha value is -1.94. The maximum Gasteiger partial charge on any atom is 0.144 e. The number of hydrogen-bond donors (Lipinski definition) is 1. The van der Waals surface area contributed by atoms with E-state index in [0.29, 0.717) is 0 Å². The number of rotatable bonds is 10. The van der Waals surface area contributed by atoms with Gasteiger partial charge >= 0.3 is 0 Å². The van der Waals surface area contributed by atoms with Gasteiger partial charge in [-0.1, -0.05) is 38.8 Å². The van der Waals surface area contributed by atoms with Gasteiger partial charge in [0.2, 0.25) is 0 Å². The third-order valence-corrected chi connectivity index (χ3v) is 3.81. The summed E-state index contributed by atoms with van der Waals surface area (Å²) in [6.45, 7) is 5.83. The highest BCUT2D eigenvalue weighted by Gasteiger charge is 2.11. The lowest BCUT2D eigenvalue weighted by atomic mass is 10.1. The van der Waals surface area contributed by atoms with Crippen LogP contribution in [0.4, 0.5) is 5.69 Å². The number of unbranched alkanes of at least 4 members (excludes halogenated alkanes) is 2. The van der Waals surface area contributed by atoms with Gasteiger partial charge in [-0.05, 0) is 36.4 Å². The summed E-state index contributed by atoms with van der Waals surface area (Å²) in [5.41, 5.74) is 4.39. The Balaban J connectivity index is 2.34. The molecule has 0 fully saturated rings. The number of anilines is 1. The summed E-state index contributed by atoms with van der Waals surface area (Å²) < 4.78 is 11.9. The molecule has 24 heavy (non-hydrogen) atoms. The first kappa shape index (κ1) is 18.4. The Kier molecular flexibility index (Phi) is 7.19. The van der Waals surface area contributed by atoms with E-state index in [9.17, 15) is 0 Å². The topological polar surface area (TPSA) is 33.7 Å². The first-order valence-corrected chi connectivity index (χ1v) is 8.92. The average Bonchev–Trinajstić information content (AvgIpc) is 2.57. The number of nitrogens with one attached hydrogen (secondary N) is 1. The van der Waals surface area contributed by atoms with Crippen molar-refractivity contribution in [1.82, 2.24) is 5.01 Å². The molecule has 0 bridgehead atoms. The van der Waals surface area contributed by atoms with Crippen LogP contribution in [0, 0.1) is 0 Å². The molecule has 132 valence electrons. The molecule has 0 saturated heterocycles. The smallest absolute Gasteiger partial charge is 0.144 e. The van der Waals surface area contributed by atoms with Gasteiger partial charge in [0, 0.05) is 19.5 Å². The van der Waals surface area contributed by atoms with Crippen LogP contribution in [0.25, 0.3) is 10.8 Å². The molecule has 1 N–H and O–H groups in total. The fourth-order valence-corrected chi connectivity index (χ4v) is 2.49. The predicted molar refractivity (Wildman–Crippen MR) is 102 cm³/mol. The maximum atomic E-state index is 5.99. The van der Waals surface area contributed by atoms with Gasteiger partial charge in [0.25, 0.3) is 0 Å². The van der Waals surface area contributed by atoms with Crippen molar-refractivity contribution in [3.05, 3.63) is 30.3 Å². The zero-order valence-electron chi connectivity index (χ0n) is 15.4. The predicted octanol–water partition coefficient (Wildman–Crippen LogP) is 5.09. The lowest BCUT2D eigenvalue weighted by Gasteiger charge is -2.20. The highest BCUT2D eigenvalue weighted by molar-refractivity contribution is 5.97. The molecule has 0 aromatic heterocycles. The van der Waals surface area contributed by atoms with Crippen LogP contribution in [0.2, 0.25) is 0 Å². The van der Waals surface area contributed by atoms with Crippen LogP contribution >= 0.6 is 0 Å². The molecule has 0 radical (unpaired) electrons. The highest BCUT2D eigenvalue weighted by Crippen LogP contribution is 2.35. The summed E-state index contributed by atoms with van der Waals surface area (Å²) >= 11 is 0. The molecular weight excluding hydrogens is 300 g/mol. The molecule has 0 unspecified atom stereocenters. The molecule has 0 saturated carbocycles. The zero-order chi connectivity index (χ0) is 17.4. The zero-order valence-corrected chi connectivity index (χ0v) is 15.4. The summed E-state index contributed by atoms with van der Waals surface area (Å²) in [6.07, 6.45) is 4.39. The first-order valence-electron chi connectivity index (χ1n) is 8.92. The van der Waals surface area contributed by atoms with Crippen molar-refractivity contribution in [2.24, 2.45) is 0 Å². The van der Waals surface area contributed by atoms with Crippen LogP contribution in [0.3, 0.4) is 0 Å². The van der Waals surface area contributed by atoms with E-state index in [0.717, 1.165) is 61.5 Å². The normalized spacial score (nSPS) is 11.0. The van der Waals surface area contributed by atoms with Crippen LogP contribution < -0.4 is 14.9 Å². The van der Waals surface area contributed by atoms with Crippen LogP contribution in [0.15, 0.2) is 30.3 Å². The van der Waals surface area contributed by atoms with E-state index in [1.807, 2.05) is 31.2 Å². The summed E-state index contributed by atoms with van der Waals surface area (Å²) in [4.78, 5) is 0. The monoisotopic (exact) mass is 330 g/mol. The van der Waals surface area contributed by atoms with Gasteiger partial charge in [0.1, 0.15) is 11.5 Å². The number of hydrogen-bond acceptors (Lipinski definition) is 4. The second-order valence-corrected chi connectivity index (χ2v) is 6.23. The number of hydrazine groups is 1. The average molecular weight is 330 g/mol. The SMILES string of the molecule is CCCCOc1ccc2ccc(OCCCC)c(NN(C)C)c2c1. The van der Waals surface area contributed by atoms with Crippen molar-refractivity contribution in [3.8, 4) is 11.5 Å². The number of nitrogens with zero attached hydrogens (tertiary/aromatic N) is 1.